The molecule has 0 unspecified atom stereocenters. The Labute approximate surface area is 195 Å². The van der Waals surface area contributed by atoms with Gasteiger partial charge >= 0.3 is 0 Å². The molecule has 0 N–H and O–H groups in total. The summed E-state index contributed by atoms with van der Waals surface area (Å²) in [7, 11) is 6.25. The maximum atomic E-state index is 13.9. The third-order valence-corrected chi connectivity index (χ3v) is 6.15. The maximum absolute atomic E-state index is 13.9. The van der Waals surface area contributed by atoms with Gasteiger partial charge in [-0.2, -0.15) is 0 Å². The number of carbonyl (C=O) groups excluding carboxylic acids is 1. The first-order valence-corrected chi connectivity index (χ1v) is 10.9. The first kappa shape index (κ1) is 22.3. The summed E-state index contributed by atoms with van der Waals surface area (Å²) >= 11 is 1.34. The van der Waals surface area contributed by atoms with E-state index in [1.807, 2.05) is 24.3 Å². The second kappa shape index (κ2) is 9.74. The Morgan fingerprint density at radius 3 is 2.30 bits per heavy atom. The molecule has 0 spiro atoms. The van der Waals surface area contributed by atoms with Crippen molar-refractivity contribution < 1.29 is 23.7 Å². The van der Waals surface area contributed by atoms with Crippen LogP contribution < -0.4 is 23.8 Å². The Hall–Kier alpha value is -3.85. The van der Waals surface area contributed by atoms with Crippen LogP contribution in [0.4, 0.5) is 5.13 Å². The number of carbonyl (C=O) groups is 1. The number of hydrogen-bond acceptors (Lipinski definition) is 8. The zero-order valence-electron chi connectivity index (χ0n) is 18.7. The molecule has 2 aromatic heterocycles. The molecule has 4 aromatic rings. The van der Waals surface area contributed by atoms with Crippen molar-refractivity contribution in [3.05, 3.63) is 66.0 Å². The molecule has 0 radical (unpaired) electrons. The number of fused-ring (bicyclic) bond motifs is 1. The summed E-state index contributed by atoms with van der Waals surface area (Å²) in [6, 6.07) is 14.3. The van der Waals surface area contributed by atoms with E-state index in [4.69, 9.17) is 23.9 Å². The van der Waals surface area contributed by atoms with Gasteiger partial charge in [0.15, 0.2) is 5.13 Å². The largest absolute Gasteiger partial charge is 0.497 e. The monoisotopic (exact) mass is 465 g/mol. The molecule has 0 saturated carbocycles. The van der Waals surface area contributed by atoms with Crippen molar-refractivity contribution in [2.45, 2.75) is 6.54 Å². The van der Waals surface area contributed by atoms with E-state index in [2.05, 4.69) is 4.98 Å². The van der Waals surface area contributed by atoms with Crippen LogP contribution in [-0.4, -0.2) is 44.3 Å². The molecule has 0 aliphatic carbocycles. The minimum atomic E-state index is -0.298. The summed E-state index contributed by atoms with van der Waals surface area (Å²) in [6.45, 7) is 0.213. The summed E-state index contributed by atoms with van der Waals surface area (Å²) in [5, 5.41) is 0.480. The molecule has 0 fully saturated rings. The summed E-state index contributed by atoms with van der Waals surface area (Å²) in [5.74, 6) is 1.93. The summed E-state index contributed by atoms with van der Waals surface area (Å²) in [6.07, 6.45) is 1.69. The van der Waals surface area contributed by atoms with Gasteiger partial charge in [-0.15, -0.1) is 0 Å². The SMILES string of the molecule is COc1ccc(OC)c(C(=O)N(Cc2ccccn2)c2nc3c(OC)ccc(OC)c3s2)c1. The Balaban J connectivity index is 1.87. The summed E-state index contributed by atoms with van der Waals surface area (Å²) in [4.78, 5) is 24.6. The number of ether oxygens (including phenoxy) is 4. The molecule has 0 aliphatic rings. The Bertz CT molecular complexity index is 1240. The number of amides is 1. The van der Waals surface area contributed by atoms with Gasteiger partial charge in [0, 0.05) is 6.20 Å². The Morgan fingerprint density at radius 1 is 0.909 bits per heavy atom. The molecule has 2 heterocycles. The average molecular weight is 466 g/mol. The predicted octanol–water partition coefficient (Wildman–Crippen LogP) is 4.57. The fourth-order valence-corrected chi connectivity index (χ4v) is 4.47. The number of methoxy groups -OCH3 is 4. The van der Waals surface area contributed by atoms with Gasteiger partial charge in [0.1, 0.15) is 33.2 Å². The molecule has 4 rings (SSSR count). The molecule has 0 aliphatic heterocycles. The van der Waals surface area contributed by atoms with E-state index in [0.717, 1.165) is 4.70 Å². The van der Waals surface area contributed by atoms with Crippen LogP contribution in [0.1, 0.15) is 16.1 Å². The van der Waals surface area contributed by atoms with Gasteiger partial charge in [-0.3, -0.25) is 14.7 Å². The highest BCUT2D eigenvalue weighted by atomic mass is 32.1. The first-order chi connectivity index (χ1) is 16.1. The smallest absolute Gasteiger partial charge is 0.264 e. The van der Waals surface area contributed by atoms with Crippen molar-refractivity contribution in [2.75, 3.05) is 33.3 Å². The van der Waals surface area contributed by atoms with Crippen LogP contribution in [0.15, 0.2) is 54.7 Å². The normalized spacial score (nSPS) is 10.7. The molecule has 1 amide bonds. The zero-order chi connectivity index (χ0) is 23.4. The molecule has 0 saturated heterocycles. The van der Waals surface area contributed by atoms with Gasteiger partial charge in [0.2, 0.25) is 0 Å². The number of aromatic nitrogens is 2. The highest BCUT2D eigenvalue weighted by Gasteiger charge is 2.27. The van der Waals surface area contributed by atoms with Crippen LogP contribution in [0.25, 0.3) is 10.2 Å². The second-order valence-corrected chi connectivity index (χ2v) is 7.90. The topological polar surface area (TPSA) is 83.0 Å². The zero-order valence-corrected chi connectivity index (χ0v) is 19.5. The lowest BCUT2D eigenvalue weighted by Crippen LogP contribution is -2.31. The van der Waals surface area contributed by atoms with Crippen molar-refractivity contribution in [1.29, 1.82) is 0 Å². The number of nitrogens with zero attached hydrogens (tertiary/aromatic N) is 3. The number of thiazole rings is 1. The van der Waals surface area contributed by atoms with Crippen LogP contribution in [0.3, 0.4) is 0 Å². The van der Waals surface area contributed by atoms with Gasteiger partial charge in [-0.25, -0.2) is 4.98 Å². The lowest BCUT2D eigenvalue weighted by Gasteiger charge is -2.21. The Morgan fingerprint density at radius 2 is 1.64 bits per heavy atom. The highest BCUT2D eigenvalue weighted by Crippen LogP contribution is 2.41. The molecule has 9 heteroatoms. The molecular weight excluding hydrogens is 442 g/mol. The number of pyridine rings is 1. The predicted molar refractivity (Wildman–Crippen MR) is 127 cm³/mol. The van der Waals surface area contributed by atoms with E-state index in [-0.39, 0.29) is 12.5 Å². The molecule has 0 atom stereocenters. The van der Waals surface area contributed by atoms with Crippen LogP contribution in [0, 0.1) is 0 Å². The van der Waals surface area contributed by atoms with Crippen molar-refractivity contribution in [2.24, 2.45) is 0 Å². The Kier molecular flexibility index (Phi) is 6.60. The minimum absolute atomic E-state index is 0.213. The van der Waals surface area contributed by atoms with E-state index in [0.29, 0.717) is 44.9 Å². The van der Waals surface area contributed by atoms with Gasteiger partial charge in [-0.1, -0.05) is 17.4 Å². The third kappa shape index (κ3) is 4.40. The third-order valence-electron chi connectivity index (χ3n) is 5.06. The first-order valence-electron chi connectivity index (χ1n) is 10.0. The van der Waals surface area contributed by atoms with E-state index in [1.54, 1.807) is 56.7 Å². The molecule has 8 nitrogen and oxygen atoms in total. The van der Waals surface area contributed by atoms with E-state index in [9.17, 15) is 4.79 Å². The standard InChI is InChI=1S/C24H23N3O5S/c1-29-16-8-9-18(30-2)17(13-16)23(28)27(14-15-7-5-6-12-25-15)24-26-21-19(31-3)10-11-20(32-4)22(21)33-24/h5-13H,14H2,1-4H3. The number of benzene rings is 2. The van der Waals surface area contributed by atoms with Crippen LogP contribution in [-0.2, 0) is 6.54 Å². The molecule has 33 heavy (non-hydrogen) atoms. The van der Waals surface area contributed by atoms with Crippen LogP contribution in [0.5, 0.6) is 23.0 Å². The summed E-state index contributed by atoms with van der Waals surface area (Å²) in [5.41, 5.74) is 1.69. The van der Waals surface area contributed by atoms with Crippen molar-refractivity contribution in [1.82, 2.24) is 9.97 Å². The minimum Gasteiger partial charge on any atom is -0.497 e. The molecular formula is C24H23N3O5S. The quantitative estimate of drug-likeness (QED) is 0.377. The lowest BCUT2D eigenvalue weighted by atomic mass is 10.1. The fourth-order valence-electron chi connectivity index (χ4n) is 3.40. The van der Waals surface area contributed by atoms with Crippen molar-refractivity contribution in [3.63, 3.8) is 0 Å². The van der Waals surface area contributed by atoms with Gasteiger partial charge in [0.05, 0.1) is 46.2 Å². The van der Waals surface area contributed by atoms with E-state index < -0.39 is 0 Å². The van der Waals surface area contributed by atoms with Crippen molar-refractivity contribution in [3.8, 4) is 23.0 Å². The number of anilines is 1. The maximum Gasteiger partial charge on any atom is 0.264 e. The lowest BCUT2D eigenvalue weighted by molar-refractivity contribution is 0.0981. The van der Waals surface area contributed by atoms with Gasteiger partial charge in [0.25, 0.3) is 5.91 Å². The van der Waals surface area contributed by atoms with E-state index in [1.165, 1.54) is 18.4 Å². The summed E-state index contributed by atoms with van der Waals surface area (Å²) < 4.78 is 22.6. The second-order valence-electron chi connectivity index (χ2n) is 6.92. The average Bonchev–Trinajstić information content (AvgIpc) is 3.31. The van der Waals surface area contributed by atoms with Crippen LogP contribution in [0.2, 0.25) is 0 Å². The van der Waals surface area contributed by atoms with Crippen molar-refractivity contribution >= 4 is 32.6 Å². The number of rotatable bonds is 8. The van der Waals surface area contributed by atoms with E-state index >= 15 is 0 Å². The molecule has 0 bridgehead atoms. The van der Waals surface area contributed by atoms with Gasteiger partial charge < -0.3 is 18.9 Å². The van der Waals surface area contributed by atoms with Crippen LogP contribution >= 0.6 is 11.3 Å². The number of hydrogen-bond donors (Lipinski definition) is 0. The van der Waals surface area contributed by atoms with Gasteiger partial charge in [-0.05, 0) is 42.5 Å². The fraction of sp³-hybridized carbons (Fsp3) is 0.208. The highest BCUT2D eigenvalue weighted by molar-refractivity contribution is 7.22. The molecule has 170 valence electrons. The molecule has 2 aromatic carbocycles.